The minimum atomic E-state index is -0.413. The molecule has 0 aliphatic carbocycles. The van der Waals surface area contributed by atoms with Gasteiger partial charge >= 0.3 is 0 Å². The number of amides is 2. The number of carbonyl (C=O) groups excluding carboxylic acids is 2. The number of fused-ring (bicyclic) bond motifs is 4. The van der Waals surface area contributed by atoms with Crippen LogP contribution in [-0.4, -0.2) is 28.6 Å². The van der Waals surface area contributed by atoms with Gasteiger partial charge < -0.3 is 19.4 Å². The van der Waals surface area contributed by atoms with E-state index >= 15 is 0 Å². The number of aromatic amines is 2. The van der Waals surface area contributed by atoms with E-state index in [1.807, 2.05) is 36.4 Å². The van der Waals surface area contributed by atoms with Crippen molar-refractivity contribution in [1.29, 1.82) is 0 Å². The number of imide groups is 1. The molecule has 6 rings (SSSR count). The van der Waals surface area contributed by atoms with Crippen LogP contribution in [-0.2, 0) is 9.59 Å². The number of H-pyrrole nitrogens is 2. The fourth-order valence-electron chi connectivity index (χ4n) is 4.02. The average molecular weight is 371 g/mol. The topological polar surface area (TPSA) is 96.2 Å². The summed E-state index contributed by atoms with van der Waals surface area (Å²) in [5.74, 6) is 0.449. The lowest BCUT2D eigenvalue weighted by Crippen LogP contribution is -2.22. The quantitative estimate of drug-likeness (QED) is 0.472. The minimum absolute atomic E-state index is 0.158. The molecule has 0 saturated heterocycles. The first-order chi connectivity index (χ1) is 13.7. The van der Waals surface area contributed by atoms with Gasteiger partial charge in [-0.2, -0.15) is 0 Å². The number of hydrogen-bond donors (Lipinski definition) is 3. The molecule has 4 aromatic rings. The highest BCUT2D eigenvalue weighted by Gasteiger charge is 2.35. The summed E-state index contributed by atoms with van der Waals surface area (Å²) in [5, 5.41) is 4.12. The lowest BCUT2D eigenvalue weighted by molar-refractivity contribution is -0.122. The molecule has 4 heterocycles. The molecule has 0 radical (unpaired) electrons. The number of rotatable bonds is 2. The molecule has 7 nitrogen and oxygen atoms in total. The van der Waals surface area contributed by atoms with E-state index in [2.05, 4.69) is 15.3 Å². The molecule has 7 heteroatoms. The molecule has 0 atom stereocenters. The molecule has 0 bridgehead atoms. The van der Waals surface area contributed by atoms with Gasteiger partial charge in [0.25, 0.3) is 11.8 Å². The van der Waals surface area contributed by atoms with Crippen molar-refractivity contribution in [2.24, 2.45) is 0 Å². The third-order valence-corrected chi connectivity index (χ3v) is 5.25. The van der Waals surface area contributed by atoms with Crippen LogP contribution in [0.5, 0.6) is 11.5 Å². The van der Waals surface area contributed by atoms with Crippen LogP contribution in [0.3, 0.4) is 0 Å². The van der Waals surface area contributed by atoms with Gasteiger partial charge in [-0.05, 0) is 18.2 Å². The molecule has 2 aliphatic rings. The first kappa shape index (κ1) is 15.1. The molecular formula is C21H13N3O4. The molecular weight excluding hydrogens is 358 g/mol. The van der Waals surface area contributed by atoms with Crippen LogP contribution in [0.1, 0.15) is 11.1 Å². The van der Waals surface area contributed by atoms with E-state index in [-0.39, 0.29) is 6.79 Å². The molecule has 0 unspecified atom stereocenters. The van der Waals surface area contributed by atoms with Crippen molar-refractivity contribution < 1.29 is 19.1 Å². The smallest absolute Gasteiger partial charge is 0.259 e. The summed E-state index contributed by atoms with van der Waals surface area (Å²) >= 11 is 0. The molecule has 0 saturated carbocycles. The second kappa shape index (κ2) is 5.26. The highest BCUT2D eigenvalue weighted by molar-refractivity contribution is 6.50. The Labute approximate surface area is 157 Å². The zero-order valence-corrected chi connectivity index (χ0v) is 14.5. The SMILES string of the molecule is O=C1NC(=O)C(c2c[nH]c3c4c(ccc23)OCO4)=C1c1c[nH]c2ccccc12. The maximum atomic E-state index is 12.7. The average Bonchev–Trinajstić information content (AvgIpc) is 3.45. The second-order valence-electron chi connectivity index (χ2n) is 6.71. The molecule has 3 N–H and O–H groups in total. The number of benzene rings is 2. The largest absolute Gasteiger partial charge is 0.454 e. The third kappa shape index (κ3) is 1.87. The van der Waals surface area contributed by atoms with E-state index in [4.69, 9.17) is 9.47 Å². The summed E-state index contributed by atoms with van der Waals surface area (Å²) in [7, 11) is 0. The second-order valence-corrected chi connectivity index (χ2v) is 6.71. The van der Waals surface area contributed by atoms with Gasteiger partial charge in [-0.25, -0.2) is 0 Å². The van der Waals surface area contributed by atoms with Crippen LogP contribution in [0.25, 0.3) is 33.0 Å². The molecule has 136 valence electrons. The van der Waals surface area contributed by atoms with Crippen LogP contribution in [0, 0.1) is 0 Å². The Morgan fingerprint density at radius 3 is 2.39 bits per heavy atom. The summed E-state index contributed by atoms with van der Waals surface area (Å²) in [6.45, 7) is 0.158. The fourth-order valence-corrected chi connectivity index (χ4v) is 4.02. The molecule has 0 spiro atoms. The summed E-state index contributed by atoms with van der Waals surface area (Å²) in [5.41, 5.74) is 3.70. The number of carbonyl (C=O) groups is 2. The van der Waals surface area contributed by atoms with Crippen molar-refractivity contribution in [3.05, 3.63) is 59.9 Å². The Bertz CT molecular complexity index is 1360. The number of nitrogens with one attached hydrogen (secondary N) is 3. The van der Waals surface area contributed by atoms with Crippen molar-refractivity contribution in [1.82, 2.24) is 15.3 Å². The zero-order valence-electron chi connectivity index (χ0n) is 14.5. The van der Waals surface area contributed by atoms with Gasteiger partial charge in [0.2, 0.25) is 6.79 Å². The highest BCUT2D eigenvalue weighted by Crippen LogP contribution is 2.43. The highest BCUT2D eigenvalue weighted by atomic mass is 16.7. The standard InChI is InChI=1S/C21H13N3O4/c25-20-16(12-7-22-14-4-2-1-3-10(12)14)17(21(26)24-20)13-8-23-18-11(13)5-6-15-19(18)28-9-27-15/h1-8,22-23H,9H2,(H,24,25,26). The van der Waals surface area contributed by atoms with Crippen molar-refractivity contribution in [3.8, 4) is 11.5 Å². The van der Waals surface area contributed by atoms with Gasteiger partial charge in [-0.15, -0.1) is 0 Å². The zero-order chi connectivity index (χ0) is 18.8. The number of ether oxygens (including phenoxy) is 2. The van der Waals surface area contributed by atoms with Gasteiger partial charge in [0.1, 0.15) is 0 Å². The third-order valence-electron chi connectivity index (χ3n) is 5.25. The van der Waals surface area contributed by atoms with Crippen molar-refractivity contribution in [2.75, 3.05) is 6.79 Å². The lowest BCUT2D eigenvalue weighted by Gasteiger charge is -2.03. The number of hydrogen-bond acceptors (Lipinski definition) is 4. The van der Waals surface area contributed by atoms with E-state index < -0.39 is 11.8 Å². The summed E-state index contributed by atoms with van der Waals surface area (Å²) in [6.07, 6.45) is 3.50. The molecule has 2 amide bonds. The summed E-state index contributed by atoms with van der Waals surface area (Å²) in [6, 6.07) is 11.4. The van der Waals surface area contributed by atoms with Gasteiger partial charge in [-0.1, -0.05) is 18.2 Å². The van der Waals surface area contributed by atoms with Crippen LogP contribution in [0.15, 0.2) is 48.8 Å². The summed E-state index contributed by atoms with van der Waals surface area (Å²) in [4.78, 5) is 31.8. The summed E-state index contributed by atoms with van der Waals surface area (Å²) < 4.78 is 11.0. The monoisotopic (exact) mass is 371 g/mol. The molecule has 0 fully saturated rings. The van der Waals surface area contributed by atoms with Gasteiger partial charge in [0, 0.05) is 39.8 Å². The van der Waals surface area contributed by atoms with Crippen LogP contribution < -0.4 is 14.8 Å². The Balaban J connectivity index is 1.65. The van der Waals surface area contributed by atoms with E-state index in [9.17, 15) is 9.59 Å². The van der Waals surface area contributed by atoms with Crippen molar-refractivity contribution in [2.45, 2.75) is 0 Å². The van der Waals surface area contributed by atoms with Gasteiger partial charge in [-0.3, -0.25) is 14.9 Å². The van der Waals surface area contributed by atoms with Crippen LogP contribution in [0.4, 0.5) is 0 Å². The van der Waals surface area contributed by atoms with Crippen molar-refractivity contribution in [3.63, 3.8) is 0 Å². The van der Waals surface area contributed by atoms with E-state index in [1.54, 1.807) is 12.4 Å². The predicted octanol–water partition coefficient (Wildman–Crippen LogP) is 2.95. The van der Waals surface area contributed by atoms with Crippen molar-refractivity contribution >= 4 is 44.8 Å². The van der Waals surface area contributed by atoms with E-state index in [0.29, 0.717) is 33.8 Å². The molecule has 2 aromatic heterocycles. The Hall–Kier alpha value is -4.00. The van der Waals surface area contributed by atoms with Gasteiger partial charge in [0.15, 0.2) is 11.5 Å². The molecule has 2 aliphatic heterocycles. The van der Waals surface area contributed by atoms with Gasteiger partial charge in [0.05, 0.1) is 16.7 Å². The predicted molar refractivity (Wildman–Crippen MR) is 103 cm³/mol. The maximum Gasteiger partial charge on any atom is 0.259 e. The Kier molecular flexibility index (Phi) is 2.84. The fraction of sp³-hybridized carbons (Fsp3) is 0.0476. The normalized spacial score (nSPS) is 15.9. The first-order valence-corrected chi connectivity index (χ1v) is 8.79. The number of para-hydroxylation sites is 1. The minimum Gasteiger partial charge on any atom is -0.454 e. The molecule has 28 heavy (non-hydrogen) atoms. The molecule has 2 aromatic carbocycles. The number of aromatic nitrogens is 2. The van der Waals surface area contributed by atoms with Crippen LogP contribution >= 0.6 is 0 Å². The van der Waals surface area contributed by atoms with Crippen LogP contribution in [0.2, 0.25) is 0 Å². The lowest BCUT2D eigenvalue weighted by atomic mass is 9.95. The Morgan fingerprint density at radius 1 is 0.786 bits per heavy atom. The Morgan fingerprint density at radius 2 is 1.54 bits per heavy atom. The first-order valence-electron chi connectivity index (χ1n) is 8.79. The van der Waals surface area contributed by atoms with E-state index in [1.165, 1.54) is 0 Å². The van der Waals surface area contributed by atoms with E-state index in [0.717, 1.165) is 21.8 Å². The maximum absolute atomic E-state index is 12.7.